The summed E-state index contributed by atoms with van der Waals surface area (Å²) in [4.78, 5) is 10.1. The standard InChI is InChI=1S/C6H7N3O2/c7-6(10)11-4-5-1-2-8-9-3-5/h1-3H,4H2,(H2,7,10). The Morgan fingerprint density at radius 2 is 2.45 bits per heavy atom. The fourth-order valence-electron chi connectivity index (χ4n) is 0.558. The molecule has 1 amide bonds. The number of carbonyl (C=O) groups excluding carboxylic acids is 1. The molecule has 0 atom stereocenters. The minimum absolute atomic E-state index is 0.144. The van der Waals surface area contributed by atoms with Crippen LogP contribution >= 0.6 is 0 Å². The van der Waals surface area contributed by atoms with Crippen molar-refractivity contribution < 1.29 is 9.53 Å². The first-order valence-corrected chi connectivity index (χ1v) is 2.97. The van der Waals surface area contributed by atoms with Gasteiger partial charge in [0, 0.05) is 11.8 Å². The highest BCUT2D eigenvalue weighted by Crippen LogP contribution is 1.95. The summed E-state index contributed by atoms with van der Waals surface area (Å²) < 4.78 is 4.50. The van der Waals surface area contributed by atoms with Crippen LogP contribution in [-0.4, -0.2) is 16.3 Å². The van der Waals surface area contributed by atoms with Gasteiger partial charge in [0.05, 0.1) is 6.20 Å². The molecule has 2 N–H and O–H groups in total. The maximum Gasteiger partial charge on any atom is 0.404 e. The Balaban J connectivity index is 2.45. The minimum atomic E-state index is -0.790. The molecule has 0 saturated heterocycles. The molecule has 0 saturated carbocycles. The number of nitrogens with zero attached hydrogens (tertiary/aromatic N) is 2. The topological polar surface area (TPSA) is 78.1 Å². The van der Waals surface area contributed by atoms with Crippen molar-refractivity contribution in [1.82, 2.24) is 10.2 Å². The van der Waals surface area contributed by atoms with E-state index in [4.69, 9.17) is 5.73 Å². The third-order valence-corrected chi connectivity index (χ3v) is 1.03. The van der Waals surface area contributed by atoms with Gasteiger partial charge in [-0.05, 0) is 6.07 Å². The molecule has 0 fully saturated rings. The second kappa shape index (κ2) is 3.50. The highest BCUT2D eigenvalue weighted by molar-refractivity contribution is 5.64. The summed E-state index contributed by atoms with van der Waals surface area (Å²) in [5, 5.41) is 7.13. The molecule has 0 aliphatic rings. The number of amides is 1. The van der Waals surface area contributed by atoms with Crippen LogP contribution in [0.1, 0.15) is 5.56 Å². The van der Waals surface area contributed by atoms with E-state index < -0.39 is 6.09 Å². The fourth-order valence-corrected chi connectivity index (χ4v) is 0.558. The van der Waals surface area contributed by atoms with Crippen LogP contribution in [0.3, 0.4) is 0 Å². The van der Waals surface area contributed by atoms with E-state index in [1.807, 2.05) is 0 Å². The van der Waals surface area contributed by atoms with Crippen molar-refractivity contribution in [1.29, 1.82) is 0 Å². The van der Waals surface area contributed by atoms with E-state index >= 15 is 0 Å². The number of carbonyl (C=O) groups is 1. The predicted molar refractivity (Wildman–Crippen MR) is 36.4 cm³/mol. The minimum Gasteiger partial charge on any atom is -0.445 e. The average molecular weight is 153 g/mol. The van der Waals surface area contributed by atoms with Gasteiger partial charge in [-0.2, -0.15) is 10.2 Å². The summed E-state index contributed by atoms with van der Waals surface area (Å²) in [6.07, 6.45) is 2.23. The molecule has 1 heterocycles. The van der Waals surface area contributed by atoms with Crippen molar-refractivity contribution in [2.45, 2.75) is 6.61 Å². The normalized spacial score (nSPS) is 9.09. The first-order valence-electron chi connectivity index (χ1n) is 2.97. The summed E-state index contributed by atoms with van der Waals surface area (Å²) in [5.41, 5.74) is 5.51. The average Bonchev–Trinajstić information content (AvgIpc) is 2.03. The molecule has 1 aromatic rings. The van der Waals surface area contributed by atoms with Crippen LogP contribution in [0, 0.1) is 0 Å². The molecule has 0 aromatic carbocycles. The summed E-state index contributed by atoms with van der Waals surface area (Å²) >= 11 is 0. The number of rotatable bonds is 2. The van der Waals surface area contributed by atoms with Crippen LogP contribution in [0.15, 0.2) is 18.5 Å². The van der Waals surface area contributed by atoms with Gasteiger partial charge in [-0.25, -0.2) is 4.79 Å². The number of hydrogen-bond acceptors (Lipinski definition) is 4. The first kappa shape index (κ1) is 7.46. The second-order valence-electron chi connectivity index (χ2n) is 1.86. The van der Waals surface area contributed by atoms with Crippen molar-refractivity contribution in [2.75, 3.05) is 0 Å². The molecule has 0 aliphatic heterocycles. The van der Waals surface area contributed by atoms with E-state index in [1.54, 1.807) is 6.07 Å². The van der Waals surface area contributed by atoms with E-state index in [9.17, 15) is 4.79 Å². The molecule has 0 radical (unpaired) electrons. The van der Waals surface area contributed by atoms with E-state index in [1.165, 1.54) is 12.4 Å². The highest BCUT2D eigenvalue weighted by Gasteiger charge is 1.94. The molecule has 11 heavy (non-hydrogen) atoms. The lowest BCUT2D eigenvalue weighted by molar-refractivity contribution is 0.150. The fraction of sp³-hybridized carbons (Fsp3) is 0.167. The monoisotopic (exact) mass is 153 g/mol. The van der Waals surface area contributed by atoms with Crippen molar-refractivity contribution in [2.24, 2.45) is 5.73 Å². The van der Waals surface area contributed by atoms with Gasteiger partial charge in [-0.3, -0.25) is 0 Å². The van der Waals surface area contributed by atoms with Gasteiger partial charge < -0.3 is 10.5 Å². The maximum atomic E-state index is 10.1. The third kappa shape index (κ3) is 2.61. The Hall–Kier alpha value is -1.65. The Labute approximate surface area is 63.2 Å². The molecule has 1 aromatic heterocycles. The Kier molecular flexibility index (Phi) is 2.37. The number of ether oxygens (including phenoxy) is 1. The zero-order valence-corrected chi connectivity index (χ0v) is 5.73. The molecular weight excluding hydrogens is 146 g/mol. The van der Waals surface area contributed by atoms with Gasteiger partial charge in [0.2, 0.25) is 0 Å². The van der Waals surface area contributed by atoms with Gasteiger partial charge in [0.1, 0.15) is 6.61 Å². The molecule has 5 nitrogen and oxygen atoms in total. The lowest BCUT2D eigenvalue weighted by atomic mass is 10.3. The summed E-state index contributed by atoms with van der Waals surface area (Å²) in [7, 11) is 0. The smallest absolute Gasteiger partial charge is 0.404 e. The lowest BCUT2D eigenvalue weighted by Crippen LogP contribution is -2.12. The molecule has 0 spiro atoms. The summed E-state index contributed by atoms with van der Waals surface area (Å²) in [6.45, 7) is 0.144. The van der Waals surface area contributed by atoms with Crippen LogP contribution in [-0.2, 0) is 11.3 Å². The summed E-state index contributed by atoms with van der Waals surface area (Å²) in [5.74, 6) is 0. The molecule has 1 rings (SSSR count). The van der Waals surface area contributed by atoms with Gasteiger partial charge >= 0.3 is 6.09 Å². The zero-order chi connectivity index (χ0) is 8.10. The van der Waals surface area contributed by atoms with E-state index in [-0.39, 0.29) is 6.61 Å². The molecule has 5 heteroatoms. The Morgan fingerprint density at radius 1 is 1.64 bits per heavy atom. The quantitative estimate of drug-likeness (QED) is 0.652. The van der Waals surface area contributed by atoms with E-state index in [0.717, 1.165) is 5.56 Å². The van der Waals surface area contributed by atoms with Gasteiger partial charge in [-0.15, -0.1) is 0 Å². The largest absolute Gasteiger partial charge is 0.445 e. The van der Waals surface area contributed by atoms with Crippen LogP contribution < -0.4 is 5.73 Å². The zero-order valence-electron chi connectivity index (χ0n) is 5.73. The van der Waals surface area contributed by atoms with E-state index in [2.05, 4.69) is 14.9 Å². The SMILES string of the molecule is NC(=O)OCc1ccnnc1. The number of aromatic nitrogens is 2. The van der Waals surface area contributed by atoms with Crippen molar-refractivity contribution in [3.8, 4) is 0 Å². The highest BCUT2D eigenvalue weighted by atomic mass is 16.5. The molecule has 0 bridgehead atoms. The van der Waals surface area contributed by atoms with Gasteiger partial charge in [-0.1, -0.05) is 0 Å². The molecular formula is C6H7N3O2. The lowest BCUT2D eigenvalue weighted by Gasteiger charge is -1.98. The third-order valence-electron chi connectivity index (χ3n) is 1.03. The van der Waals surface area contributed by atoms with Crippen molar-refractivity contribution in [3.05, 3.63) is 24.0 Å². The second-order valence-corrected chi connectivity index (χ2v) is 1.86. The van der Waals surface area contributed by atoms with Crippen molar-refractivity contribution in [3.63, 3.8) is 0 Å². The Bertz CT molecular complexity index is 237. The summed E-state index contributed by atoms with van der Waals surface area (Å²) in [6, 6.07) is 1.69. The maximum absolute atomic E-state index is 10.1. The molecule has 0 aliphatic carbocycles. The van der Waals surface area contributed by atoms with Gasteiger partial charge in [0.25, 0.3) is 0 Å². The van der Waals surface area contributed by atoms with E-state index in [0.29, 0.717) is 0 Å². The Morgan fingerprint density at radius 3 is 3.00 bits per heavy atom. The first-order chi connectivity index (χ1) is 5.29. The van der Waals surface area contributed by atoms with Crippen LogP contribution in [0.5, 0.6) is 0 Å². The number of primary amides is 1. The van der Waals surface area contributed by atoms with Gasteiger partial charge in [0.15, 0.2) is 0 Å². The van der Waals surface area contributed by atoms with Crippen molar-refractivity contribution >= 4 is 6.09 Å². The number of hydrogen-bond donors (Lipinski definition) is 1. The predicted octanol–water partition coefficient (Wildman–Crippen LogP) is 0.0719. The number of nitrogens with two attached hydrogens (primary N) is 1. The van der Waals surface area contributed by atoms with Crippen LogP contribution in [0.2, 0.25) is 0 Å². The van der Waals surface area contributed by atoms with Crippen LogP contribution in [0.25, 0.3) is 0 Å². The molecule has 58 valence electrons. The van der Waals surface area contributed by atoms with Crippen LogP contribution in [0.4, 0.5) is 4.79 Å². The molecule has 0 unspecified atom stereocenters.